The van der Waals surface area contributed by atoms with Gasteiger partial charge >= 0.3 is 0 Å². The molecule has 28 heavy (non-hydrogen) atoms. The van der Waals surface area contributed by atoms with Gasteiger partial charge in [0.25, 0.3) is 0 Å². The van der Waals surface area contributed by atoms with Crippen LogP contribution in [0.25, 0.3) is 10.6 Å². The molecule has 3 aromatic rings. The maximum atomic E-state index is 12.8. The molecule has 2 aromatic carbocycles. The third-order valence-corrected chi connectivity index (χ3v) is 5.73. The summed E-state index contributed by atoms with van der Waals surface area (Å²) in [4.78, 5) is 19.3. The highest BCUT2D eigenvalue weighted by Crippen LogP contribution is 2.27. The Morgan fingerprint density at radius 2 is 2.11 bits per heavy atom. The monoisotopic (exact) mass is 394 g/mol. The molecule has 0 spiro atoms. The summed E-state index contributed by atoms with van der Waals surface area (Å²) >= 11 is 1.55. The van der Waals surface area contributed by atoms with Crippen molar-refractivity contribution in [2.24, 2.45) is 0 Å². The van der Waals surface area contributed by atoms with Crippen molar-refractivity contribution < 1.29 is 14.3 Å². The summed E-state index contributed by atoms with van der Waals surface area (Å²) in [5, 5.41) is 2.85. The SMILES string of the molecule is COc1cccc(-c2nc(CC(=O)N3CCO[C@@H](c4ccccc4)C3)cs2)c1. The lowest BCUT2D eigenvalue weighted by atomic mass is 10.1. The molecule has 0 unspecified atom stereocenters. The molecular weight excluding hydrogens is 372 g/mol. The van der Waals surface area contributed by atoms with Gasteiger partial charge in [-0.1, -0.05) is 42.5 Å². The molecule has 1 amide bonds. The number of rotatable bonds is 5. The van der Waals surface area contributed by atoms with Crippen molar-refractivity contribution in [3.8, 4) is 16.3 Å². The molecule has 0 N–H and O–H groups in total. The number of amides is 1. The molecule has 0 radical (unpaired) electrons. The first-order valence-corrected chi connectivity index (χ1v) is 10.1. The molecule has 4 rings (SSSR count). The van der Waals surface area contributed by atoms with Gasteiger partial charge in [-0.3, -0.25) is 4.79 Å². The minimum atomic E-state index is -0.0679. The summed E-state index contributed by atoms with van der Waals surface area (Å²) in [7, 11) is 1.65. The van der Waals surface area contributed by atoms with Gasteiger partial charge in [0.15, 0.2) is 0 Å². The third-order valence-electron chi connectivity index (χ3n) is 4.79. The molecule has 0 saturated carbocycles. The molecule has 1 atom stereocenters. The van der Waals surface area contributed by atoms with E-state index in [0.717, 1.165) is 27.6 Å². The Kier molecular flexibility index (Phi) is 5.69. The van der Waals surface area contributed by atoms with Crippen molar-refractivity contribution in [2.75, 3.05) is 26.8 Å². The van der Waals surface area contributed by atoms with Crippen LogP contribution in [0.1, 0.15) is 17.4 Å². The number of benzene rings is 2. The molecule has 144 valence electrons. The zero-order chi connectivity index (χ0) is 19.3. The van der Waals surface area contributed by atoms with Crippen molar-refractivity contribution in [1.29, 1.82) is 0 Å². The Bertz CT molecular complexity index is 942. The van der Waals surface area contributed by atoms with Crippen LogP contribution in [0.4, 0.5) is 0 Å². The Balaban J connectivity index is 1.42. The third kappa shape index (κ3) is 4.24. The smallest absolute Gasteiger partial charge is 0.228 e. The number of nitrogens with zero attached hydrogens (tertiary/aromatic N) is 2. The maximum absolute atomic E-state index is 12.8. The van der Waals surface area contributed by atoms with Crippen molar-refractivity contribution >= 4 is 17.2 Å². The molecule has 2 heterocycles. The second-order valence-electron chi connectivity index (χ2n) is 6.66. The number of methoxy groups -OCH3 is 1. The van der Waals surface area contributed by atoms with E-state index in [4.69, 9.17) is 9.47 Å². The van der Waals surface area contributed by atoms with Crippen LogP contribution in [-0.4, -0.2) is 42.6 Å². The van der Waals surface area contributed by atoms with E-state index in [1.54, 1.807) is 18.4 Å². The highest BCUT2D eigenvalue weighted by Gasteiger charge is 2.25. The van der Waals surface area contributed by atoms with E-state index in [1.807, 2.05) is 64.9 Å². The Labute approximate surface area is 168 Å². The predicted octanol–water partition coefficient (Wildman–Crippen LogP) is 3.96. The minimum absolute atomic E-state index is 0.0679. The number of thiazole rings is 1. The number of hydrogen-bond acceptors (Lipinski definition) is 5. The van der Waals surface area contributed by atoms with E-state index < -0.39 is 0 Å². The largest absolute Gasteiger partial charge is 0.497 e. The van der Waals surface area contributed by atoms with Gasteiger partial charge < -0.3 is 14.4 Å². The van der Waals surface area contributed by atoms with Gasteiger partial charge in [-0.15, -0.1) is 11.3 Å². The van der Waals surface area contributed by atoms with Crippen LogP contribution in [0.15, 0.2) is 60.0 Å². The molecule has 0 bridgehead atoms. The summed E-state index contributed by atoms with van der Waals surface area (Å²) in [6, 6.07) is 17.9. The highest BCUT2D eigenvalue weighted by atomic mass is 32.1. The van der Waals surface area contributed by atoms with E-state index in [1.165, 1.54) is 0 Å². The predicted molar refractivity (Wildman–Crippen MR) is 110 cm³/mol. The van der Waals surface area contributed by atoms with Crippen LogP contribution in [0.2, 0.25) is 0 Å². The van der Waals surface area contributed by atoms with Crippen LogP contribution in [-0.2, 0) is 16.0 Å². The van der Waals surface area contributed by atoms with Crippen LogP contribution in [0.3, 0.4) is 0 Å². The second kappa shape index (κ2) is 8.54. The maximum Gasteiger partial charge on any atom is 0.228 e. The summed E-state index contributed by atoms with van der Waals surface area (Å²) in [6.45, 7) is 1.75. The zero-order valence-corrected chi connectivity index (χ0v) is 16.5. The fourth-order valence-corrected chi connectivity index (χ4v) is 4.11. The Morgan fingerprint density at radius 3 is 2.93 bits per heavy atom. The second-order valence-corrected chi connectivity index (χ2v) is 7.52. The standard InChI is InChI=1S/C22H22N2O3S/c1-26-19-9-5-8-17(12-19)22-23-18(15-28-22)13-21(25)24-10-11-27-20(14-24)16-6-3-2-4-7-16/h2-9,12,15,20H,10-11,13-14H2,1H3/t20-/m1/s1. The number of morpholine rings is 1. The van der Waals surface area contributed by atoms with Crippen LogP contribution < -0.4 is 4.74 Å². The molecule has 1 aromatic heterocycles. The first kappa shape index (κ1) is 18.7. The number of carbonyl (C=O) groups is 1. The van der Waals surface area contributed by atoms with Gasteiger partial charge in [-0.2, -0.15) is 0 Å². The van der Waals surface area contributed by atoms with E-state index in [9.17, 15) is 4.79 Å². The average Bonchev–Trinajstić information content (AvgIpc) is 3.23. The molecule has 1 saturated heterocycles. The molecule has 5 nitrogen and oxygen atoms in total. The Morgan fingerprint density at radius 1 is 1.25 bits per heavy atom. The van der Waals surface area contributed by atoms with Crippen LogP contribution >= 0.6 is 11.3 Å². The van der Waals surface area contributed by atoms with Crippen molar-refractivity contribution in [2.45, 2.75) is 12.5 Å². The normalized spacial score (nSPS) is 16.8. The van der Waals surface area contributed by atoms with Gasteiger partial charge in [-0.25, -0.2) is 4.98 Å². The minimum Gasteiger partial charge on any atom is -0.497 e. The fraction of sp³-hybridized carbons (Fsp3) is 0.273. The van der Waals surface area contributed by atoms with E-state index in [-0.39, 0.29) is 12.0 Å². The highest BCUT2D eigenvalue weighted by molar-refractivity contribution is 7.13. The van der Waals surface area contributed by atoms with Crippen LogP contribution in [0, 0.1) is 0 Å². The van der Waals surface area contributed by atoms with Crippen molar-refractivity contribution in [1.82, 2.24) is 9.88 Å². The summed E-state index contributed by atoms with van der Waals surface area (Å²) in [5.74, 6) is 0.886. The molecular formula is C22H22N2O3S. The average molecular weight is 394 g/mol. The van der Waals surface area contributed by atoms with Crippen molar-refractivity contribution in [3.05, 3.63) is 71.2 Å². The van der Waals surface area contributed by atoms with E-state index in [0.29, 0.717) is 26.1 Å². The molecule has 1 fully saturated rings. The zero-order valence-electron chi connectivity index (χ0n) is 15.7. The van der Waals surface area contributed by atoms with Gasteiger partial charge in [0.2, 0.25) is 5.91 Å². The van der Waals surface area contributed by atoms with Gasteiger partial charge in [0, 0.05) is 17.5 Å². The number of ether oxygens (including phenoxy) is 2. The quantitative estimate of drug-likeness (QED) is 0.657. The van der Waals surface area contributed by atoms with Gasteiger partial charge in [-0.05, 0) is 17.7 Å². The topological polar surface area (TPSA) is 51.7 Å². The summed E-state index contributed by atoms with van der Waals surface area (Å²) in [6.07, 6.45) is 0.240. The number of hydrogen-bond donors (Lipinski definition) is 0. The molecule has 0 aliphatic carbocycles. The van der Waals surface area contributed by atoms with Crippen LogP contribution in [0.5, 0.6) is 5.75 Å². The Hall–Kier alpha value is -2.70. The molecule has 1 aliphatic heterocycles. The number of carbonyl (C=O) groups excluding carboxylic acids is 1. The molecule has 1 aliphatic rings. The van der Waals surface area contributed by atoms with Gasteiger partial charge in [0.1, 0.15) is 16.9 Å². The van der Waals surface area contributed by atoms with E-state index >= 15 is 0 Å². The first-order valence-electron chi connectivity index (χ1n) is 9.26. The molecule has 6 heteroatoms. The summed E-state index contributed by atoms with van der Waals surface area (Å²) in [5.41, 5.74) is 2.91. The lowest BCUT2D eigenvalue weighted by molar-refractivity contribution is -0.138. The van der Waals surface area contributed by atoms with Crippen molar-refractivity contribution in [3.63, 3.8) is 0 Å². The first-order chi connectivity index (χ1) is 13.7. The van der Waals surface area contributed by atoms with Gasteiger partial charge in [0.05, 0.1) is 32.4 Å². The lowest BCUT2D eigenvalue weighted by Crippen LogP contribution is -2.43. The van der Waals surface area contributed by atoms with E-state index in [2.05, 4.69) is 4.98 Å². The lowest BCUT2D eigenvalue weighted by Gasteiger charge is -2.33. The summed E-state index contributed by atoms with van der Waals surface area (Å²) < 4.78 is 11.1. The fourth-order valence-electron chi connectivity index (χ4n) is 3.29. The number of aromatic nitrogens is 1.